The van der Waals surface area contributed by atoms with Gasteiger partial charge in [0.05, 0.1) is 4.90 Å². The standard InChI is InChI=1S/C16H26N2O4S.ClH/c1-10-7-11(2)14(12(3)8-10)23(20,21)18-13(9-17)15(19)22-16(4,5)6;/h7-8,13,18H,9,17H2,1-6H3;1H. The van der Waals surface area contributed by atoms with Gasteiger partial charge in [0, 0.05) is 6.54 Å². The van der Waals surface area contributed by atoms with Crippen molar-refractivity contribution in [3.05, 3.63) is 28.8 Å². The molecule has 0 heterocycles. The number of carbonyl (C=O) groups excluding carboxylic acids is 1. The Labute approximate surface area is 150 Å². The molecule has 1 rings (SSSR count). The van der Waals surface area contributed by atoms with Gasteiger partial charge in [0.25, 0.3) is 0 Å². The van der Waals surface area contributed by atoms with E-state index in [1.165, 1.54) is 0 Å². The molecule has 0 aliphatic rings. The van der Waals surface area contributed by atoms with E-state index in [9.17, 15) is 13.2 Å². The summed E-state index contributed by atoms with van der Waals surface area (Å²) in [6.07, 6.45) is 0. The van der Waals surface area contributed by atoms with Gasteiger partial charge in [-0.15, -0.1) is 12.4 Å². The van der Waals surface area contributed by atoms with Gasteiger partial charge < -0.3 is 10.5 Å². The number of aryl methyl sites for hydroxylation is 3. The molecule has 0 aromatic heterocycles. The van der Waals surface area contributed by atoms with E-state index < -0.39 is 27.6 Å². The average Bonchev–Trinajstić information content (AvgIpc) is 2.31. The SMILES string of the molecule is Cc1cc(C)c(S(=O)(=O)NC(CN)C(=O)OC(C)(C)C)c(C)c1.Cl. The molecule has 0 bridgehead atoms. The van der Waals surface area contributed by atoms with E-state index in [4.69, 9.17) is 10.5 Å². The summed E-state index contributed by atoms with van der Waals surface area (Å²) in [4.78, 5) is 12.3. The Kier molecular flexibility index (Phi) is 7.89. The third kappa shape index (κ3) is 6.05. The molecule has 3 N–H and O–H groups in total. The van der Waals surface area contributed by atoms with E-state index in [1.54, 1.807) is 46.8 Å². The number of nitrogens with one attached hydrogen (secondary N) is 1. The Morgan fingerprint density at radius 1 is 1.21 bits per heavy atom. The Bertz CT molecular complexity index is 674. The van der Waals surface area contributed by atoms with Crippen LogP contribution in [0, 0.1) is 20.8 Å². The number of ether oxygens (including phenoxy) is 1. The van der Waals surface area contributed by atoms with Crippen LogP contribution in [-0.4, -0.2) is 32.6 Å². The number of hydrogen-bond acceptors (Lipinski definition) is 5. The van der Waals surface area contributed by atoms with Crippen molar-refractivity contribution in [2.75, 3.05) is 6.54 Å². The van der Waals surface area contributed by atoms with Crippen LogP contribution in [0.3, 0.4) is 0 Å². The van der Waals surface area contributed by atoms with Crippen LogP contribution in [0.15, 0.2) is 17.0 Å². The van der Waals surface area contributed by atoms with E-state index in [1.807, 2.05) is 6.92 Å². The maximum Gasteiger partial charge on any atom is 0.326 e. The molecule has 24 heavy (non-hydrogen) atoms. The molecular weight excluding hydrogens is 352 g/mol. The van der Waals surface area contributed by atoms with Crippen LogP contribution in [0.4, 0.5) is 0 Å². The molecular formula is C16H27ClN2O4S. The molecule has 0 spiro atoms. The summed E-state index contributed by atoms with van der Waals surface area (Å²) in [6.45, 7) is 10.3. The zero-order valence-electron chi connectivity index (χ0n) is 15.0. The molecule has 138 valence electrons. The van der Waals surface area contributed by atoms with Crippen molar-refractivity contribution in [2.24, 2.45) is 5.73 Å². The third-order valence-electron chi connectivity index (χ3n) is 3.10. The maximum absolute atomic E-state index is 12.7. The molecule has 1 atom stereocenters. The molecule has 0 amide bonds. The summed E-state index contributed by atoms with van der Waals surface area (Å²) in [7, 11) is -3.88. The van der Waals surface area contributed by atoms with Crippen LogP contribution in [0.1, 0.15) is 37.5 Å². The molecule has 8 heteroatoms. The van der Waals surface area contributed by atoms with Crippen molar-refractivity contribution in [1.29, 1.82) is 0 Å². The normalized spacial score (nSPS) is 13.1. The van der Waals surface area contributed by atoms with E-state index in [2.05, 4.69) is 4.72 Å². The fraction of sp³-hybridized carbons (Fsp3) is 0.562. The topological polar surface area (TPSA) is 98.5 Å². The van der Waals surface area contributed by atoms with Gasteiger partial charge in [-0.25, -0.2) is 8.42 Å². The van der Waals surface area contributed by atoms with Gasteiger partial charge in [0.2, 0.25) is 10.0 Å². The van der Waals surface area contributed by atoms with E-state index in [-0.39, 0.29) is 23.8 Å². The summed E-state index contributed by atoms with van der Waals surface area (Å²) in [5.41, 5.74) is 7.05. The lowest BCUT2D eigenvalue weighted by molar-refractivity contribution is -0.156. The first-order valence-corrected chi connectivity index (χ1v) is 8.89. The van der Waals surface area contributed by atoms with E-state index in [0.29, 0.717) is 11.1 Å². The van der Waals surface area contributed by atoms with Crippen LogP contribution >= 0.6 is 12.4 Å². The second-order valence-electron chi connectivity index (χ2n) is 6.67. The first kappa shape index (κ1) is 22.9. The number of halogens is 1. The number of benzene rings is 1. The second kappa shape index (κ2) is 8.29. The summed E-state index contributed by atoms with van der Waals surface area (Å²) >= 11 is 0. The summed E-state index contributed by atoms with van der Waals surface area (Å²) in [6, 6.07) is 2.44. The molecule has 1 aromatic rings. The predicted molar refractivity (Wildman–Crippen MR) is 96.9 cm³/mol. The van der Waals surface area contributed by atoms with Gasteiger partial charge in [0.1, 0.15) is 11.6 Å². The monoisotopic (exact) mass is 378 g/mol. The molecule has 0 fully saturated rings. The minimum absolute atomic E-state index is 0. The molecule has 0 saturated heterocycles. The van der Waals surface area contributed by atoms with Gasteiger partial charge in [-0.2, -0.15) is 4.72 Å². The fourth-order valence-electron chi connectivity index (χ4n) is 2.40. The molecule has 0 radical (unpaired) electrons. The Hall–Kier alpha value is -1.15. The number of carbonyl (C=O) groups is 1. The highest BCUT2D eigenvalue weighted by Crippen LogP contribution is 2.22. The molecule has 0 aliphatic carbocycles. The smallest absolute Gasteiger partial charge is 0.326 e. The van der Waals surface area contributed by atoms with Crippen molar-refractivity contribution in [2.45, 2.75) is 58.1 Å². The zero-order chi connectivity index (χ0) is 18.0. The summed E-state index contributed by atoms with van der Waals surface area (Å²) < 4.78 is 32.9. The zero-order valence-corrected chi connectivity index (χ0v) is 16.6. The molecule has 1 unspecified atom stereocenters. The van der Waals surface area contributed by atoms with Gasteiger partial charge in [-0.3, -0.25) is 4.79 Å². The lowest BCUT2D eigenvalue weighted by Gasteiger charge is -2.24. The Balaban J connectivity index is 0.00000529. The Morgan fingerprint density at radius 2 is 1.67 bits per heavy atom. The average molecular weight is 379 g/mol. The number of rotatable bonds is 5. The lowest BCUT2D eigenvalue weighted by atomic mass is 10.1. The summed E-state index contributed by atoms with van der Waals surface area (Å²) in [5, 5.41) is 0. The number of esters is 1. The van der Waals surface area contributed by atoms with Crippen LogP contribution in [0.5, 0.6) is 0 Å². The Morgan fingerprint density at radius 3 is 2.04 bits per heavy atom. The fourth-order valence-corrected chi connectivity index (χ4v) is 4.05. The molecule has 6 nitrogen and oxygen atoms in total. The highest BCUT2D eigenvalue weighted by Gasteiger charge is 2.30. The quantitative estimate of drug-likeness (QED) is 0.763. The predicted octanol–water partition coefficient (Wildman–Crippen LogP) is 1.98. The number of sulfonamides is 1. The van der Waals surface area contributed by atoms with Crippen LogP contribution < -0.4 is 10.5 Å². The molecule has 1 aromatic carbocycles. The van der Waals surface area contributed by atoms with Crippen molar-refractivity contribution in [1.82, 2.24) is 4.72 Å². The van der Waals surface area contributed by atoms with Crippen molar-refractivity contribution in [3.8, 4) is 0 Å². The summed E-state index contributed by atoms with van der Waals surface area (Å²) in [5.74, 6) is -0.689. The highest BCUT2D eigenvalue weighted by molar-refractivity contribution is 7.89. The van der Waals surface area contributed by atoms with Crippen molar-refractivity contribution < 1.29 is 17.9 Å². The van der Waals surface area contributed by atoms with Gasteiger partial charge >= 0.3 is 5.97 Å². The maximum atomic E-state index is 12.7. The second-order valence-corrected chi connectivity index (χ2v) is 8.32. The number of hydrogen-bond donors (Lipinski definition) is 2. The minimum atomic E-state index is -3.88. The number of nitrogens with two attached hydrogens (primary N) is 1. The van der Waals surface area contributed by atoms with E-state index >= 15 is 0 Å². The van der Waals surface area contributed by atoms with Gasteiger partial charge in [-0.1, -0.05) is 17.7 Å². The minimum Gasteiger partial charge on any atom is -0.459 e. The molecule has 0 saturated carbocycles. The van der Waals surface area contributed by atoms with Crippen LogP contribution in [-0.2, 0) is 19.6 Å². The van der Waals surface area contributed by atoms with Crippen molar-refractivity contribution >= 4 is 28.4 Å². The highest BCUT2D eigenvalue weighted by atomic mass is 35.5. The third-order valence-corrected chi connectivity index (χ3v) is 4.87. The lowest BCUT2D eigenvalue weighted by Crippen LogP contribution is -2.48. The first-order chi connectivity index (χ1) is 10.4. The van der Waals surface area contributed by atoms with Gasteiger partial charge in [0.15, 0.2) is 0 Å². The first-order valence-electron chi connectivity index (χ1n) is 7.40. The van der Waals surface area contributed by atoms with Crippen molar-refractivity contribution in [3.63, 3.8) is 0 Å². The van der Waals surface area contributed by atoms with Gasteiger partial charge in [-0.05, 0) is 52.7 Å². The molecule has 0 aliphatic heterocycles. The van der Waals surface area contributed by atoms with Crippen LogP contribution in [0.2, 0.25) is 0 Å². The van der Waals surface area contributed by atoms with E-state index in [0.717, 1.165) is 5.56 Å². The van der Waals surface area contributed by atoms with Crippen LogP contribution in [0.25, 0.3) is 0 Å². The largest absolute Gasteiger partial charge is 0.459 e.